The van der Waals surface area contributed by atoms with E-state index in [1.807, 2.05) is 0 Å². The van der Waals surface area contributed by atoms with Gasteiger partial charge in [0.05, 0.1) is 0 Å². The van der Waals surface area contributed by atoms with Gasteiger partial charge in [-0.2, -0.15) is 13.2 Å². The Kier molecular flexibility index (Phi) is 4.27. The molecule has 0 unspecified atom stereocenters. The quantitative estimate of drug-likeness (QED) is 0.928. The molecule has 120 valence electrons. The predicted molar refractivity (Wildman–Crippen MR) is 79.8 cm³/mol. The van der Waals surface area contributed by atoms with Crippen molar-refractivity contribution in [1.29, 1.82) is 0 Å². The molecule has 0 aromatic carbocycles. The van der Waals surface area contributed by atoms with Crippen molar-refractivity contribution >= 4 is 11.3 Å². The lowest BCUT2D eigenvalue weighted by atomic mass is 9.99. The number of rotatable bonds is 4. The molecule has 1 aliphatic rings. The molecule has 0 saturated heterocycles. The molecule has 1 atom stereocenters. The monoisotopic (exact) mass is 329 g/mol. The van der Waals surface area contributed by atoms with Gasteiger partial charge in [0.1, 0.15) is 5.82 Å². The van der Waals surface area contributed by atoms with Crippen LogP contribution < -0.4 is 5.32 Å². The lowest BCUT2D eigenvalue weighted by molar-refractivity contribution is -0.141. The third-order valence-corrected chi connectivity index (χ3v) is 5.09. The van der Waals surface area contributed by atoms with E-state index in [4.69, 9.17) is 0 Å². The number of aromatic nitrogens is 2. The molecule has 0 radical (unpaired) electrons. The van der Waals surface area contributed by atoms with E-state index in [2.05, 4.69) is 28.7 Å². The Labute approximate surface area is 131 Å². The van der Waals surface area contributed by atoms with Gasteiger partial charge in [0.25, 0.3) is 0 Å². The number of thiophene rings is 1. The second kappa shape index (κ2) is 6.04. The molecular weight excluding hydrogens is 311 g/mol. The highest BCUT2D eigenvalue weighted by molar-refractivity contribution is 7.10. The molecule has 1 N–H and O–H groups in total. The van der Waals surface area contributed by atoms with Gasteiger partial charge in [-0.25, -0.2) is 4.98 Å². The summed E-state index contributed by atoms with van der Waals surface area (Å²) in [4.78, 5) is 5.03. The summed E-state index contributed by atoms with van der Waals surface area (Å²) in [7, 11) is 0. The zero-order valence-corrected chi connectivity index (χ0v) is 13.1. The molecule has 2 aromatic heterocycles. The minimum absolute atomic E-state index is 0.350. The zero-order chi connectivity index (χ0) is 15.7. The number of hydrogen-bond acceptors (Lipinski definition) is 3. The van der Waals surface area contributed by atoms with E-state index in [1.165, 1.54) is 10.4 Å². The molecule has 0 aliphatic carbocycles. The van der Waals surface area contributed by atoms with Crippen LogP contribution in [0.2, 0.25) is 0 Å². The first-order valence-corrected chi connectivity index (χ1v) is 8.18. The van der Waals surface area contributed by atoms with Crippen molar-refractivity contribution in [1.82, 2.24) is 14.9 Å². The van der Waals surface area contributed by atoms with Crippen LogP contribution in [0.5, 0.6) is 0 Å². The Bertz CT molecular complexity index is 645. The van der Waals surface area contributed by atoms with Gasteiger partial charge in [0, 0.05) is 37.1 Å². The third-order valence-electron chi connectivity index (χ3n) is 4.07. The number of alkyl halides is 3. The van der Waals surface area contributed by atoms with E-state index < -0.39 is 11.9 Å². The van der Waals surface area contributed by atoms with E-state index in [1.54, 1.807) is 15.9 Å². The number of hydrogen-bond donors (Lipinski definition) is 1. The van der Waals surface area contributed by atoms with E-state index in [-0.39, 0.29) is 0 Å². The first kappa shape index (κ1) is 15.6. The fourth-order valence-electron chi connectivity index (χ4n) is 2.79. The predicted octanol–water partition coefficient (Wildman–Crippen LogP) is 3.62. The van der Waals surface area contributed by atoms with E-state index >= 15 is 0 Å². The van der Waals surface area contributed by atoms with Gasteiger partial charge in [-0.15, -0.1) is 11.3 Å². The van der Waals surface area contributed by atoms with Gasteiger partial charge in [-0.05, 0) is 36.3 Å². The number of nitrogens with zero attached hydrogens (tertiary/aromatic N) is 2. The number of halogens is 3. The third kappa shape index (κ3) is 3.35. The Morgan fingerprint density at radius 1 is 1.45 bits per heavy atom. The highest BCUT2D eigenvalue weighted by Crippen LogP contribution is 2.30. The van der Waals surface area contributed by atoms with E-state index in [0.717, 1.165) is 25.7 Å². The fraction of sp³-hybridized carbons (Fsp3) is 0.533. The van der Waals surface area contributed by atoms with E-state index in [9.17, 15) is 13.2 Å². The molecule has 0 saturated carbocycles. The maximum atomic E-state index is 12.7. The van der Waals surface area contributed by atoms with Crippen molar-refractivity contribution in [2.45, 2.75) is 39.0 Å². The molecule has 0 bridgehead atoms. The molecule has 1 aliphatic heterocycles. The molecule has 22 heavy (non-hydrogen) atoms. The van der Waals surface area contributed by atoms with Gasteiger partial charge in [-0.1, -0.05) is 0 Å². The van der Waals surface area contributed by atoms with Crippen molar-refractivity contribution < 1.29 is 13.2 Å². The minimum atomic E-state index is -4.35. The van der Waals surface area contributed by atoms with Crippen LogP contribution in [-0.2, 0) is 25.7 Å². The molecule has 3 rings (SSSR count). The van der Waals surface area contributed by atoms with Crippen LogP contribution in [0.3, 0.4) is 0 Å². The summed E-state index contributed by atoms with van der Waals surface area (Å²) in [6.45, 7) is 4.33. The van der Waals surface area contributed by atoms with Crippen molar-refractivity contribution in [2.24, 2.45) is 5.92 Å². The second-order valence-electron chi connectivity index (χ2n) is 5.75. The van der Waals surface area contributed by atoms with Crippen LogP contribution in [0, 0.1) is 12.8 Å². The molecule has 7 heteroatoms. The van der Waals surface area contributed by atoms with Gasteiger partial charge in [0.2, 0.25) is 0 Å². The first-order valence-electron chi connectivity index (χ1n) is 7.30. The number of fused-ring (bicyclic) bond motifs is 1. The Morgan fingerprint density at radius 2 is 2.27 bits per heavy atom. The van der Waals surface area contributed by atoms with Crippen molar-refractivity contribution in [3.8, 4) is 0 Å². The normalized spacial score (nSPS) is 18.5. The maximum absolute atomic E-state index is 12.7. The molecule has 2 aromatic rings. The van der Waals surface area contributed by atoms with Crippen LogP contribution in [0.15, 0.2) is 17.6 Å². The molecule has 0 spiro atoms. The van der Waals surface area contributed by atoms with Gasteiger partial charge in [-0.3, -0.25) is 0 Å². The fourth-order valence-corrected chi connectivity index (χ4v) is 3.67. The summed E-state index contributed by atoms with van der Waals surface area (Å²) < 4.78 is 39.7. The van der Waals surface area contributed by atoms with Gasteiger partial charge in [0.15, 0.2) is 5.69 Å². The average Bonchev–Trinajstić information content (AvgIpc) is 3.04. The Hall–Kier alpha value is -1.34. The summed E-state index contributed by atoms with van der Waals surface area (Å²) in [5.41, 5.74) is 0.512. The van der Waals surface area contributed by atoms with Gasteiger partial charge < -0.3 is 9.88 Å². The lowest BCUT2D eigenvalue weighted by Crippen LogP contribution is -2.29. The molecular formula is C15H18F3N3S. The summed E-state index contributed by atoms with van der Waals surface area (Å²) in [6.07, 6.45) is -1.72. The summed E-state index contributed by atoms with van der Waals surface area (Å²) in [6, 6.07) is 2.10. The van der Waals surface area contributed by atoms with Crippen LogP contribution >= 0.6 is 11.3 Å². The highest BCUT2D eigenvalue weighted by atomic mass is 32.1. The Morgan fingerprint density at radius 3 is 2.95 bits per heavy atom. The van der Waals surface area contributed by atoms with Crippen LogP contribution in [-0.4, -0.2) is 16.1 Å². The van der Waals surface area contributed by atoms with Crippen LogP contribution in [0.1, 0.15) is 28.4 Å². The van der Waals surface area contributed by atoms with Crippen LogP contribution in [0.4, 0.5) is 13.2 Å². The SMILES string of the molecule is Cc1ccsc1CNC[C@@H]1CCc2nc(C(F)(F)F)cn2C1. The smallest absolute Gasteiger partial charge is 0.334 e. The van der Waals surface area contributed by atoms with E-state index in [0.29, 0.717) is 24.7 Å². The van der Waals surface area contributed by atoms with Crippen LogP contribution in [0.25, 0.3) is 0 Å². The number of aryl methyl sites for hydroxylation is 2. The van der Waals surface area contributed by atoms with Gasteiger partial charge >= 0.3 is 6.18 Å². The first-order chi connectivity index (χ1) is 10.4. The molecule has 0 fully saturated rings. The summed E-state index contributed by atoms with van der Waals surface area (Å²) in [5.74, 6) is 0.903. The largest absolute Gasteiger partial charge is 0.434 e. The lowest BCUT2D eigenvalue weighted by Gasteiger charge is -2.23. The van der Waals surface area contributed by atoms with Crippen molar-refractivity contribution in [3.05, 3.63) is 39.6 Å². The number of imidazole rings is 1. The molecule has 3 heterocycles. The Balaban J connectivity index is 1.55. The second-order valence-corrected chi connectivity index (χ2v) is 6.76. The highest BCUT2D eigenvalue weighted by Gasteiger charge is 2.35. The molecule has 0 amide bonds. The average molecular weight is 329 g/mol. The minimum Gasteiger partial charge on any atom is -0.334 e. The van der Waals surface area contributed by atoms with Crippen molar-refractivity contribution in [3.63, 3.8) is 0 Å². The molecule has 3 nitrogen and oxygen atoms in total. The summed E-state index contributed by atoms with van der Waals surface area (Å²) >= 11 is 1.73. The maximum Gasteiger partial charge on any atom is 0.434 e. The van der Waals surface area contributed by atoms with Crippen molar-refractivity contribution in [2.75, 3.05) is 6.54 Å². The standard InChI is InChI=1S/C15H18F3N3S/c1-10-4-5-22-12(10)7-19-6-11-2-3-14-20-13(15(16,17)18)9-21(14)8-11/h4-5,9,11,19H,2-3,6-8H2,1H3/t11-/m0/s1. The zero-order valence-electron chi connectivity index (χ0n) is 12.3. The topological polar surface area (TPSA) is 29.9 Å². The summed E-state index contributed by atoms with van der Waals surface area (Å²) in [5, 5.41) is 5.49. The number of nitrogens with one attached hydrogen (secondary N) is 1.